The van der Waals surface area contributed by atoms with Gasteiger partial charge in [-0.25, -0.2) is 0 Å². The van der Waals surface area contributed by atoms with Gasteiger partial charge in [-0.2, -0.15) is 0 Å². The molecule has 0 aromatic heterocycles. The number of likely N-dealkylation sites (tertiary alicyclic amines) is 1. The molecule has 1 amide bonds. The zero-order valence-electron chi connectivity index (χ0n) is 9.52. The fourth-order valence-corrected chi connectivity index (χ4v) is 2.40. The van der Waals surface area contributed by atoms with E-state index in [0.717, 1.165) is 19.4 Å². The van der Waals surface area contributed by atoms with Crippen LogP contribution in [0, 0.1) is 11.8 Å². The maximum Gasteiger partial charge on any atom is 0.303 e. The van der Waals surface area contributed by atoms with Crippen LogP contribution in [0.25, 0.3) is 0 Å². The Morgan fingerprint density at radius 2 is 1.88 bits per heavy atom. The molecular formula is C12H19NO3. The van der Waals surface area contributed by atoms with Gasteiger partial charge in [0.2, 0.25) is 5.91 Å². The summed E-state index contributed by atoms with van der Waals surface area (Å²) in [5, 5.41) is 8.74. The van der Waals surface area contributed by atoms with Crippen molar-refractivity contribution in [2.45, 2.75) is 38.5 Å². The number of carboxylic acid groups (broad SMARTS) is 1. The molecule has 4 nitrogen and oxygen atoms in total. The van der Waals surface area contributed by atoms with Gasteiger partial charge in [-0.3, -0.25) is 9.59 Å². The van der Waals surface area contributed by atoms with Crippen LogP contribution in [-0.4, -0.2) is 35.0 Å². The van der Waals surface area contributed by atoms with Crippen molar-refractivity contribution in [3.63, 3.8) is 0 Å². The molecular weight excluding hydrogens is 206 g/mol. The van der Waals surface area contributed by atoms with Crippen LogP contribution >= 0.6 is 0 Å². The summed E-state index contributed by atoms with van der Waals surface area (Å²) in [7, 11) is 0. The Bertz CT molecular complexity index is 286. The van der Waals surface area contributed by atoms with Gasteiger partial charge in [-0.1, -0.05) is 0 Å². The topological polar surface area (TPSA) is 57.6 Å². The van der Waals surface area contributed by atoms with Crippen LogP contribution in [-0.2, 0) is 9.59 Å². The Hall–Kier alpha value is -1.06. The number of carbonyl (C=O) groups is 2. The minimum absolute atomic E-state index is 0.161. The molecule has 0 bridgehead atoms. The number of hydrogen-bond acceptors (Lipinski definition) is 2. The van der Waals surface area contributed by atoms with E-state index in [0.29, 0.717) is 18.9 Å². The quantitative estimate of drug-likeness (QED) is 0.788. The van der Waals surface area contributed by atoms with Crippen molar-refractivity contribution in [1.29, 1.82) is 0 Å². The molecule has 0 radical (unpaired) electrons. The number of hydrogen-bond donors (Lipinski definition) is 1. The molecule has 1 saturated heterocycles. The molecule has 1 aliphatic heterocycles. The molecule has 0 aromatic rings. The average molecular weight is 225 g/mol. The van der Waals surface area contributed by atoms with Crippen molar-refractivity contribution in [2.75, 3.05) is 13.1 Å². The van der Waals surface area contributed by atoms with E-state index in [2.05, 4.69) is 0 Å². The zero-order chi connectivity index (χ0) is 11.5. The number of carboxylic acids is 1. The third-order valence-electron chi connectivity index (χ3n) is 3.50. The maximum absolute atomic E-state index is 11.9. The summed E-state index contributed by atoms with van der Waals surface area (Å²) >= 11 is 0. The first-order chi connectivity index (χ1) is 7.65. The van der Waals surface area contributed by atoms with Crippen LogP contribution in [0.3, 0.4) is 0 Å². The lowest BCUT2D eigenvalue weighted by molar-refractivity contribution is -0.140. The molecule has 2 aliphatic rings. The second-order valence-corrected chi connectivity index (χ2v) is 5.09. The number of piperidine rings is 1. The number of amides is 1. The third-order valence-corrected chi connectivity index (χ3v) is 3.50. The molecule has 1 saturated carbocycles. The number of nitrogens with zero attached hydrogens (tertiary/aromatic N) is 1. The first-order valence-electron chi connectivity index (χ1n) is 6.14. The van der Waals surface area contributed by atoms with Gasteiger partial charge in [0.1, 0.15) is 0 Å². The van der Waals surface area contributed by atoms with Gasteiger partial charge in [-0.15, -0.1) is 0 Å². The molecule has 1 unspecified atom stereocenters. The van der Waals surface area contributed by atoms with Crippen molar-refractivity contribution in [3.8, 4) is 0 Å². The van der Waals surface area contributed by atoms with E-state index in [1.807, 2.05) is 4.90 Å². The Morgan fingerprint density at radius 3 is 2.50 bits per heavy atom. The summed E-state index contributed by atoms with van der Waals surface area (Å²) < 4.78 is 0. The van der Waals surface area contributed by atoms with Crippen LogP contribution in [0.15, 0.2) is 0 Å². The van der Waals surface area contributed by atoms with Gasteiger partial charge in [0.05, 0.1) is 0 Å². The van der Waals surface area contributed by atoms with Gasteiger partial charge in [0.25, 0.3) is 0 Å². The Kier molecular flexibility index (Phi) is 3.46. The first-order valence-corrected chi connectivity index (χ1v) is 6.14. The molecule has 0 aromatic carbocycles. The summed E-state index contributed by atoms with van der Waals surface area (Å²) in [6.45, 7) is 1.47. The predicted molar refractivity (Wildman–Crippen MR) is 58.9 cm³/mol. The summed E-state index contributed by atoms with van der Waals surface area (Å²) in [4.78, 5) is 24.4. The highest BCUT2D eigenvalue weighted by atomic mass is 16.4. The fraction of sp³-hybridized carbons (Fsp3) is 0.833. The Morgan fingerprint density at radius 1 is 1.12 bits per heavy atom. The van der Waals surface area contributed by atoms with E-state index >= 15 is 0 Å². The van der Waals surface area contributed by atoms with E-state index < -0.39 is 5.97 Å². The van der Waals surface area contributed by atoms with Crippen LogP contribution in [0.2, 0.25) is 0 Å². The van der Waals surface area contributed by atoms with Crippen LogP contribution in [0.4, 0.5) is 0 Å². The molecule has 1 atom stereocenters. The van der Waals surface area contributed by atoms with Crippen LogP contribution in [0.5, 0.6) is 0 Å². The first kappa shape index (κ1) is 11.4. The molecule has 4 heteroatoms. The molecule has 16 heavy (non-hydrogen) atoms. The van der Waals surface area contributed by atoms with Gasteiger partial charge in [0.15, 0.2) is 0 Å². The SMILES string of the molecule is O=C(O)CC1CCCN(C(=O)CC2CC2)C1. The summed E-state index contributed by atoms with van der Waals surface area (Å²) in [6, 6.07) is 0. The molecule has 0 spiro atoms. The van der Waals surface area contributed by atoms with E-state index in [4.69, 9.17) is 5.11 Å². The molecule has 1 N–H and O–H groups in total. The van der Waals surface area contributed by atoms with Crippen molar-refractivity contribution in [3.05, 3.63) is 0 Å². The average Bonchev–Trinajstić information content (AvgIpc) is 3.01. The maximum atomic E-state index is 11.9. The monoisotopic (exact) mass is 225 g/mol. The van der Waals surface area contributed by atoms with Gasteiger partial charge in [-0.05, 0) is 37.5 Å². The molecule has 1 aliphatic carbocycles. The minimum atomic E-state index is -0.749. The highest BCUT2D eigenvalue weighted by Crippen LogP contribution is 2.33. The minimum Gasteiger partial charge on any atom is -0.481 e. The van der Waals surface area contributed by atoms with Gasteiger partial charge >= 0.3 is 5.97 Å². The number of aliphatic carboxylic acids is 1. The Labute approximate surface area is 95.6 Å². The zero-order valence-corrected chi connectivity index (χ0v) is 9.52. The standard InChI is InChI=1S/C12H19NO3/c14-11(6-9-3-4-9)13-5-1-2-10(8-13)7-12(15)16/h9-10H,1-8H2,(H,15,16). The molecule has 2 fully saturated rings. The third kappa shape index (κ3) is 3.22. The van der Waals surface area contributed by atoms with E-state index in [1.54, 1.807) is 0 Å². The van der Waals surface area contributed by atoms with Crippen molar-refractivity contribution < 1.29 is 14.7 Å². The predicted octanol–water partition coefficient (Wildman–Crippen LogP) is 1.50. The second-order valence-electron chi connectivity index (χ2n) is 5.09. The van der Waals surface area contributed by atoms with Gasteiger partial charge in [0, 0.05) is 25.9 Å². The molecule has 1 heterocycles. The second kappa shape index (κ2) is 4.85. The van der Waals surface area contributed by atoms with Crippen LogP contribution < -0.4 is 0 Å². The normalized spacial score (nSPS) is 25.5. The lowest BCUT2D eigenvalue weighted by Gasteiger charge is -2.32. The lowest BCUT2D eigenvalue weighted by Crippen LogP contribution is -2.40. The smallest absolute Gasteiger partial charge is 0.303 e. The largest absolute Gasteiger partial charge is 0.481 e. The highest BCUT2D eigenvalue weighted by Gasteiger charge is 2.30. The van der Waals surface area contributed by atoms with E-state index in [1.165, 1.54) is 12.8 Å². The Balaban J connectivity index is 1.80. The van der Waals surface area contributed by atoms with E-state index in [-0.39, 0.29) is 18.2 Å². The van der Waals surface area contributed by atoms with E-state index in [9.17, 15) is 9.59 Å². The summed E-state index contributed by atoms with van der Waals surface area (Å²) in [5.41, 5.74) is 0. The number of rotatable bonds is 4. The molecule has 2 rings (SSSR count). The van der Waals surface area contributed by atoms with Crippen LogP contribution in [0.1, 0.15) is 38.5 Å². The number of carbonyl (C=O) groups excluding carboxylic acids is 1. The van der Waals surface area contributed by atoms with Crippen molar-refractivity contribution in [2.24, 2.45) is 11.8 Å². The highest BCUT2D eigenvalue weighted by molar-refractivity contribution is 5.77. The van der Waals surface area contributed by atoms with Crippen molar-refractivity contribution in [1.82, 2.24) is 4.90 Å². The lowest BCUT2D eigenvalue weighted by atomic mass is 9.94. The summed E-state index contributed by atoms with van der Waals surface area (Å²) in [6.07, 6.45) is 5.16. The summed E-state index contributed by atoms with van der Waals surface area (Å²) in [5.74, 6) is 0.265. The van der Waals surface area contributed by atoms with Gasteiger partial charge < -0.3 is 10.0 Å². The fourth-order valence-electron chi connectivity index (χ4n) is 2.40. The molecule has 90 valence electrons. The van der Waals surface area contributed by atoms with Crippen molar-refractivity contribution >= 4 is 11.9 Å².